The van der Waals surface area contributed by atoms with Crippen LogP contribution in [0.4, 0.5) is 0 Å². The fourth-order valence-corrected chi connectivity index (χ4v) is 0.580. The van der Waals surface area contributed by atoms with Crippen molar-refractivity contribution < 1.29 is 21.9 Å². The molecular formula is C11H24CoN4O-4. The second-order valence-corrected chi connectivity index (χ2v) is 2.56. The molecule has 0 aromatic rings. The molecule has 0 aliphatic rings. The first kappa shape index (κ1) is 25.4. The average Bonchev–Trinajstić information content (AvgIpc) is 2.28. The van der Waals surface area contributed by atoms with Crippen LogP contribution >= 0.6 is 0 Å². The van der Waals surface area contributed by atoms with Gasteiger partial charge in [-0.1, -0.05) is 0 Å². The Hall–Kier alpha value is -0.404. The summed E-state index contributed by atoms with van der Waals surface area (Å²) in [6.07, 6.45) is 1.58. The van der Waals surface area contributed by atoms with Crippen molar-refractivity contribution in [2.45, 2.75) is 20.8 Å². The van der Waals surface area contributed by atoms with E-state index in [0.29, 0.717) is 13.1 Å². The van der Waals surface area contributed by atoms with Gasteiger partial charge in [0.15, 0.2) is 0 Å². The first-order valence-electron chi connectivity index (χ1n) is 5.11. The minimum atomic E-state index is 0. The Balaban J connectivity index is -0.000000103. The first-order chi connectivity index (χ1) is 7.58. The number of nitrogens with one attached hydrogen (secondary N) is 3. The van der Waals surface area contributed by atoms with E-state index in [2.05, 4.69) is 11.9 Å². The van der Waals surface area contributed by atoms with Crippen LogP contribution in [-0.2, 0) is 16.8 Å². The number of hydrogen-bond donors (Lipinski definition) is 1. The number of aliphatic hydroxyl groups excluding tert-OH is 1. The quantitative estimate of drug-likeness (QED) is 0.473. The maximum Gasteiger partial charge on any atom is 0.0909 e. The van der Waals surface area contributed by atoms with Crippen LogP contribution in [0.5, 0.6) is 0 Å². The standard InChI is InChI=1S/C7H13N2O.C2H6N2.C2H5.Co/c1-6(5-7(2)10)9-4-3-8;3-1-2-4;1-2;/h5,8,10H,3-4H2,1-2H3;3-4H,1-2H2;1H2,2H3;/q-1;-2;-1;/b7-5-,9-6?;;;. The van der Waals surface area contributed by atoms with Gasteiger partial charge >= 0.3 is 0 Å². The van der Waals surface area contributed by atoms with Crippen molar-refractivity contribution in [2.75, 3.05) is 26.2 Å². The molecular weight excluding hydrogens is 263 g/mol. The molecule has 0 aliphatic carbocycles. The summed E-state index contributed by atoms with van der Waals surface area (Å²) >= 11 is 0. The Morgan fingerprint density at radius 3 is 1.76 bits per heavy atom. The third-order valence-corrected chi connectivity index (χ3v) is 1.02. The Kier molecular flexibility index (Phi) is 37.0. The van der Waals surface area contributed by atoms with Crippen molar-refractivity contribution in [2.24, 2.45) is 4.99 Å². The summed E-state index contributed by atoms with van der Waals surface area (Å²) in [6.45, 7) is 9.68. The Morgan fingerprint density at radius 1 is 1.12 bits per heavy atom. The summed E-state index contributed by atoms with van der Waals surface area (Å²) in [5, 5.41) is 8.76. The van der Waals surface area contributed by atoms with Gasteiger partial charge in [0, 0.05) is 29.0 Å². The van der Waals surface area contributed by atoms with Crippen LogP contribution in [-0.4, -0.2) is 37.0 Å². The molecule has 0 atom stereocenters. The van der Waals surface area contributed by atoms with E-state index in [1.165, 1.54) is 0 Å². The Bertz CT molecular complexity index is 178. The maximum absolute atomic E-state index is 8.76. The molecule has 0 aromatic heterocycles. The van der Waals surface area contributed by atoms with Gasteiger partial charge in [0.25, 0.3) is 0 Å². The van der Waals surface area contributed by atoms with Crippen molar-refractivity contribution in [1.29, 1.82) is 0 Å². The number of rotatable bonds is 4. The van der Waals surface area contributed by atoms with Crippen LogP contribution in [0.2, 0.25) is 0 Å². The van der Waals surface area contributed by atoms with Crippen LogP contribution in [0.3, 0.4) is 0 Å². The minimum Gasteiger partial charge on any atom is -0.679 e. The molecule has 0 spiro atoms. The van der Waals surface area contributed by atoms with E-state index in [-0.39, 0.29) is 35.6 Å². The second kappa shape index (κ2) is 24.7. The zero-order chi connectivity index (χ0) is 13.4. The number of hydrogen-bond acceptors (Lipinski definition) is 2. The molecule has 0 amide bonds. The van der Waals surface area contributed by atoms with Gasteiger partial charge in [-0.15, -0.1) is 6.54 Å². The molecule has 0 heterocycles. The largest absolute Gasteiger partial charge is 0.679 e. The van der Waals surface area contributed by atoms with E-state index in [9.17, 15) is 0 Å². The summed E-state index contributed by atoms with van der Waals surface area (Å²) in [5.74, 6) is 0.256. The van der Waals surface area contributed by atoms with E-state index in [1.54, 1.807) is 26.8 Å². The zero-order valence-corrected chi connectivity index (χ0v) is 11.9. The van der Waals surface area contributed by atoms with Crippen LogP contribution in [0.25, 0.3) is 17.2 Å². The molecule has 0 rings (SSSR count). The van der Waals surface area contributed by atoms with Crippen molar-refractivity contribution in [1.82, 2.24) is 0 Å². The predicted molar refractivity (Wildman–Crippen MR) is 73.0 cm³/mol. The van der Waals surface area contributed by atoms with Gasteiger partial charge in [-0.05, 0) is 19.9 Å². The van der Waals surface area contributed by atoms with Crippen molar-refractivity contribution in [3.05, 3.63) is 36.0 Å². The van der Waals surface area contributed by atoms with Gasteiger partial charge < -0.3 is 29.2 Å². The normalized spacial score (nSPS) is 10.3. The molecule has 0 aromatic carbocycles. The average molecular weight is 287 g/mol. The number of aliphatic hydroxyl groups is 1. The van der Waals surface area contributed by atoms with Crippen LogP contribution in [0.15, 0.2) is 16.8 Å². The smallest absolute Gasteiger partial charge is 0.0909 e. The summed E-state index contributed by atoms with van der Waals surface area (Å²) in [5.41, 5.74) is 20.1. The summed E-state index contributed by atoms with van der Waals surface area (Å²) in [7, 11) is 0. The van der Waals surface area contributed by atoms with Crippen LogP contribution in [0, 0.1) is 6.92 Å². The van der Waals surface area contributed by atoms with Crippen LogP contribution < -0.4 is 0 Å². The molecule has 0 fully saturated rings. The number of aliphatic imine (C=N–C) groups is 1. The van der Waals surface area contributed by atoms with E-state index >= 15 is 0 Å². The van der Waals surface area contributed by atoms with E-state index < -0.39 is 0 Å². The second-order valence-electron chi connectivity index (χ2n) is 2.56. The van der Waals surface area contributed by atoms with Crippen molar-refractivity contribution >= 4 is 5.71 Å². The van der Waals surface area contributed by atoms with Crippen molar-refractivity contribution in [3.63, 3.8) is 0 Å². The molecule has 0 unspecified atom stereocenters. The van der Waals surface area contributed by atoms with Gasteiger partial charge in [0.05, 0.1) is 5.76 Å². The van der Waals surface area contributed by atoms with E-state index in [0.717, 1.165) is 5.71 Å². The topological polar surface area (TPSA) is 104 Å². The molecule has 1 radical (unpaired) electrons. The molecule has 0 aliphatic heterocycles. The monoisotopic (exact) mass is 287 g/mol. The first-order valence-corrected chi connectivity index (χ1v) is 5.11. The van der Waals surface area contributed by atoms with Gasteiger partial charge in [0.1, 0.15) is 0 Å². The predicted octanol–water partition coefficient (Wildman–Crippen LogP) is 3.89. The summed E-state index contributed by atoms with van der Waals surface area (Å²) in [6, 6.07) is 0. The fourth-order valence-electron chi connectivity index (χ4n) is 0.580. The summed E-state index contributed by atoms with van der Waals surface area (Å²) in [4.78, 5) is 3.98. The van der Waals surface area contributed by atoms with Gasteiger partial charge in [-0.25, -0.2) is 0 Å². The molecule has 107 valence electrons. The van der Waals surface area contributed by atoms with Gasteiger partial charge in [0.2, 0.25) is 0 Å². The Morgan fingerprint density at radius 2 is 1.53 bits per heavy atom. The molecule has 6 heteroatoms. The van der Waals surface area contributed by atoms with Crippen LogP contribution in [0.1, 0.15) is 20.8 Å². The third-order valence-electron chi connectivity index (χ3n) is 1.02. The van der Waals surface area contributed by atoms with Crippen molar-refractivity contribution in [3.8, 4) is 0 Å². The molecule has 17 heavy (non-hydrogen) atoms. The molecule has 0 bridgehead atoms. The van der Waals surface area contributed by atoms with Gasteiger partial charge in [-0.3, -0.25) is 4.99 Å². The number of allylic oxidation sites excluding steroid dienone is 2. The van der Waals surface area contributed by atoms with E-state index in [4.69, 9.17) is 22.3 Å². The molecule has 0 saturated heterocycles. The van der Waals surface area contributed by atoms with Gasteiger partial charge in [-0.2, -0.15) is 20.0 Å². The molecule has 5 nitrogen and oxygen atoms in total. The Labute approximate surface area is 116 Å². The fraction of sp³-hybridized carbons (Fsp3) is 0.636. The zero-order valence-electron chi connectivity index (χ0n) is 10.8. The SMILES string of the molecule is CC(/C=C(/C)O)=NCC[NH-].[CH2-]C.[Co].[NH-]CC[NH-]. The number of nitrogens with zero attached hydrogens (tertiary/aromatic N) is 1. The summed E-state index contributed by atoms with van der Waals surface area (Å²) < 4.78 is 0. The van der Waals surface area contributed by atoms with E-state index in [1.807, 2.05) is 0 Å². The maximum atomic E-state index is 8.76. The molecule has 4 N–H and O–H groups in total. The molecule has 0 saturated carbocycles. The third kappa shape index (κ3) is 39.0. The minimum absolute atomic E-state index is 0.